The van der Waals surface area contributed by atoms with Crippen molar-refractivity contribution in [2.45, 2.75) is 12.5 Å². The smallest absolute Gasteiger partial charge is 0.328 e. The number of imide groups is 1. The Morgan fingerprint density at radius 3 is 2.40 bits per heavy atom. The number of ether oxygens (including phenoxy) is 1. The summed E-state index contributed by atoms with van der Waals surface area (Å²) in [5, 5.41) is 13.4. The summed E-state index contributed by atoms with van der Waals surface area (Å²) in [4.78, 5) is 60.4. The van der Waals surface area contributed by atoms with Crippen LogP contribution >= 0.6 is 0 Å². The van der Waals surface area contributed by atoms with Crippen LogP contribution in [-0.4, -0.2) is 53.2 Å². The zero-order valence-electron chi connectivity index (χ0n) is 15.9. The van der Waals surface area contributed by atoms with E-state index in [1.165, 1.54) is 13.2 Å². The molecule has 154 valence electrons. The molecule has 2 aromatic rings. The molecule has 0 aliphatic carbocycles. The molecule has 1 aliphatic heterocycles. The summed E-state index contributed by atoms with van der Waals surface area (Å²) < 4.78 is 4.72. The topological polar surface area (TPSA) is 136 Å². The van der Waals surface area contributed by atoms with Crippen molar-refractivity contribution in [1.82, 2.24) is 10.2 Å². The Labute approximate surface area is 170 Å². The Hall–Kier alpha value is -4.08. The molecule has 1 aliphatic rings. The van der Waals surface area contributed by atoms with Crippen LogP contribution < -0.4 is 5.32 Å². The van der Waals surface area contributed by atoms with Gasteiger partial charge in [-0.25, -0.2) is 4.79 Å². The number of hydrogen-bond donors (Lipinski definition) is 1. The summed E-state index contributed by atoms with van der Waals surface area (Å²) in [6, 6.07) is 11.2. The number of nitro benzene ring substituents is 1. The summed E-state index contributed by atoms with van der Waals surface area (Å²) in [7, 11) is 1.18. The highest BCUT2D eigenvalue weighted by atomic mass is 16.6. The van der Waals surface area contributed by atoms with E-state index in [1.807, 2.05) is 6.07 Å². The van der Waals surface area contributed by atoms with Crippen molar-refractivity contribution < 1.29 is 28.8 Å². The number of nitro groups is 1. The maximum Gasteiger partial charge on any atom is 0.328 e. The normalized spacial score (nSPS) is 13.6. The van der Waals surface area contributed by atoms with Crippen molar-refractivity contribution in [3.05, 3.63) is 75.3 Å². The van der Waals surface area contributed by atoms with Crippen LogP contribution in [0.15, 0.2) is 48.5 Å². The predicted molar refractivity (Wildman–Crippen MR) is 103 cm³/mol. The molecule has 10 nitrogen and oxygen atoms in total. The molecule has 1 atom stereocenters. The Morgan fingerprint density at radius 1 is 1.10 bits per heavy atom. The van der Waals surface area contributed by atoms with Crippen molar-refractivity contribution in [3.8, 4) is 0 Å². The number of carbonyl (C=O) groups excluding carboxylic acids is 4. The summed E-state index contributed by atoms with van der Waals surface area (Å²) in [5.41, 5.74) is 0.277. The fourth-order valence-electron chi connectivity index (χ4n) is 3.10. The lowest BCUT2D eigenvalue weighted by Crippen LogP contribution is -2.48. The molecule has 0 saturated heterocycles. The number of hydrogen-bond acceptors (Lipinski definition) is 7. The van der Waals surface area contributed by atoms with Gasteiger partial charge in [-0.2, -0.15) is 0 Å². The van der Waals surface area contributed by atoms with Crippen LogP contribution in [0, 0.1) is 10.1 Å². The number of methoxy groups -OCH3 is 1. The first-order valence-electron chi connectivity index (χ1n) is 8.87. The van der Waals surface area contributed by atoms with Gasteiger partial charge in [0.2, 0.25) is 5.91 Å². The average molecular weight is 411 g/mol. The second kappa shape index (κ2) is 8.52. The summed E-state index contributed by atoms with van der Waals surface area (Å²) in [6.45, 7) is -0.636. The molecule has 0 bridgehead atoms. The number of esters is 1. The Kier molecular flexibility index (Phi) is 5.86. The highest BCUT2D eigenvalue weighted by Crippen LogP contribution is 2.26. The lowest BCUT2D eigenvalue weighted by atomic mass is 10.1. The van der Waals surface area contributed by atoms with Crippen molar-refractivity contribution >= 4 is 29.4 Å². The largest absolute Gasteiger partial charge is 0.467 e. The Bertz CT molecular complexity index is 1040. The molecule has 2 aromatic carbocycles. The molecule has 0 unspecified atom stereocenters. The molecule has 3 amide bonds. The average Bonchev–Trinajstić information content (AvgIpc) is 2.97. The van der Waals surface area contributed by atoms with Gasteiger partial charge in [0.25, 0.3) is 17.5 Å². The zero-order chi connectivity index (χ0) is 21.8. The van der Waals surface area contributed by atoms with E-state index >= 15 is 0 Å². The molecule has 10 heteroatoms. The van der Waals surface area contributed by atoms with Gasteiger partial charge in [0, 0.05) is 18.6 Å². The molecular weight excluding hydrogens is 394 g/mol. The molecule has 1 heterocycles. The van der Waals surface area contributed by atoms with Crippen LogP contribution in [0.25, 0.3) is 0 Å². The van der Waals surface area contributed by atoms with Gasteiger partial charge in [0.05, 0.1) is 23.2 Å². The van der Waals surface area contributed by atoms with E-state index in [1.54, 1.807) is 24.3 Å². The maximum absolute atomic E-state index is 12.5. The number of nitrogens with one attached hydrogen (secondary N) is 1. The van der Waals surface area contributed by atoms with E-state index in [0.717, 1.165) is 17.7 Å². The van der Waals surface area contributed by atoms with Crippen LogP contribution in [0.4, 0.5) is 5.69 Å². The fraction of sp³-hybridized carbons (Fsp3) is 0.200. The molecule has 0 radical (unpaired) electrons. The van der Waals surface area contributed by atoms with Crippen molar-refractivity contribution in [1.29, 1.82) is 0 Å². The molecule has 0 spiro atoms. The quantitative estimate of drug-likeness (QED) is 0.312. The van der Waals surface area contributed by atoms with Crippen molar-refractivity contribution in [2.75, 3.05) is 13.7 Å². The minimum absolute atomic E-state index is 0.0211. The van der Waals surface area contributed by atoms with E-state index in [2.05, 4.69) is 5.32 Å². The molecule has 3 rings (SSSR count). The SMILES string of the molecule is COC(=O)[C@H](Cc1ccccc1)NC(=O)CN1C(=O)c2ccc([N+](=O)[O-])cc2C1=O. The van der Waals surface area contributed by atoms with Gasteiger partial charge in [-0.05, 0) is 11.6 Å². The number of benzene rings is 2. The molecule has 1 N–H and O–H groups in total. The van der Waals surface area contributed by atoms with Gasteiger partial charge in [-0.15, -0.1) is 0 Å². The van der Waals surface area contributed by atoms with Crippen molar-refractivity contribution in [2.24, 2.45) is 0 Å². The third-order valence-corrected chi connectivity index (χ3v) is 4.57. The number of non-ortho nitro benzene ring substituents is 1. The van der Waals surface area contributed by atoms with Crippen LogP contribution in [0.1, 0.15) is 26.3 Å². The van der Waals surface area contributed by atoms with E-state index in [0.29, 0.717) is 4.90 Å². The van der Waals surface area contributed by atoms with E-state index in [9.17, 15) is 29.3 Å². The number of nitrogens with zero attached hydrogens (tertiary/aromatic N) is 2. The molecule has 0 aromatic heterocycles. The van der Waals surface area contributed by atoms with Crippen molar-refractivity contribution in [3.63, 3.8) is 0 Å². The second-order valence-corrected chi connectivity index (χ2v) is 6.52. The third-order valence-electron chi connectivity index (χ3n) is 4.57. The van der Waals surface area contributed by atoms with E-state index in [-0.39, 0.29) is 23.2 Å². The van der Waals surface area contributed by atoms with Gasteiger partial charge in [-0.3, -0.25) is 29.4 Å². The number of amides is 3. The Morgan fingerprint density at radius 2 is 1.77 bits per heavy atom. The first-order chi connectivity index (χ1) is 14.3. The summed E-state index contributed by atoms with van der Waals surface area (Å²) >= 11 is 0. The van der Waals surface area contributed by atoms with Gasteiger partial charge in [0.15, 0.2) is 0 Å². The van der Waals surface area contributed by atoms with Gasteiger partial charge in [0.1, 0.15) is 12.6 Å². The monoisotopic (exact) mass is 411 g/mol. The molecule has 0 fully saturated rings. The standard InChI is InChI=1S/C20H17N3O7/c1-30-20(27)16(9-12-5-3-2-4-6-12)21-17(24)11-22-18(25)14-8-7-13(23(28)29)10-15(14)19(22)26/h2-8,10,16H,9,11H2,1H3,(H,21,24)/t16-/m0/s1. The Balaban J connectivity index is 1.72. The maximum atomic E-state index is 12.5. The lowest BCUT2D eigenvalue weighted by Gasteiger charge is -2.19. The zero-order valence-corrected chi connectivity index (χ0v) is 15.9. The molecular formula is C20H17N3O7. The molecule has 0 saturated carbocycles. The highest BCUT2D eigenvalue weighted by Gasteiger charge is 2.38. The van der Waals surface area contributed by atoms with Crippen LogP contribution in [0.3, 0.4) is 0 Å². The number of carbonyl (C=O) groups is 4. The summed E-state index contributed by atoms with van der Waals surface area (Å²) in [6.07, 6.45) is 0.160. The first kappa shape index (κ1) is 20.6. The lowest BCUT2D eigenvalue weighted by molar-refractivity contribution is -0.384. The minimum atomic E-state index is -1.01. The van der Waals surface area contributed by atoms with E-state index < -0.39 is 41.2 Å². The number of fused-ring (bicyclic) bond motifs is 1. The van der Waals surface area contributed by atoms with Crippen LogP contribution in [-0.2, 0) is 20.7 Å². The van der Waals surface area contributed by atoms with Gasteiger partial charge >= 0.3 is 5.97 Å². The second-order valence-electron chi connectivity index (χ2n) is 6.52. The third kappa shape index (κ3) is 4.17. The predicted octanol–water partition coefficient (Wildman–Crippen LogP) is 1.09. The van der Waals surface area contributed by atoms with Gasteiger partial charge < -0.3 is 10.1 Å². The van der Waals surface area contributed by atoms with Crippen LogP contribution in [0.2, 0.25) is 0 Å². The van der Waals surface area contributed by atoms with Gasteiger partial charge in [-0.1, -0.05) is 30.3 Å². The van der Waals surface area contributed by atoms with E-state index in [4.69, 9.17) is 4.74 Å². The molecule has 30 heavy (non-hydrogen) atoms. The fourth-order valence-corrected chi connectivity index (χ4v) is 3.10. The van der Waals surface area contributed by atoms with Crippen LogP contribution in [0.5, 0.6) is 0 Å². The summed E-state index contributed by atoms with van der Waals surface area (Å²) in [5.74, 6) is -2.97. The number of rotatable bonds is 7. The highest BCUT2D eigenvalue weighted by molar-refractivity contribution is 6.22. The first-order valence-corrected chi connectivity index (χ1v) is 8.87. The minimum Gasteiger partial charge on any atom is -0.467 e.